The van der Waals surface area contributed by atoms with E-state index >= 15 is 0 Å². The van der Waals surface area contributed by atoms with Crippen LogP contribution >= 0.6 is 0 Å². The van der Waals surface area contributed by atoms with Crippen molar-refractivity contribution < 1.29 is 9.53 Å². The van der Waals surface area contributed by atoms with Crippen molar-refractivity contribution in [2.75, 3.05) is 13.7 Å². The Morgan fingerprint density at radius 1 is 1.09 bits per heavy atom. The molecule has 0 saturated heterocycles. The van der Waals surface area contributed by atoms with Crippen molar-refractivity contribution in [2.24, 2.45) is 0 Å². The molecule has 162 valence electrons. The van der Waals surface area contributed by atoms with Crippen molar-refractivity contribution in [1.29, 1.82) is 0 Å². The normalized spacial score (nSPS) is 10.7. The highest BCUT2D eigenvalue weighted by atomic mass is 16.5. The SMILES string of the molecule is COc1ccccc1-c1ccnc(-n2ncc(C(=O)NCCCc3ccncc3)c2C)n1. The highest BCUT2D eigenvalue weighted by Gasteiger charge is 2.17. The van der Waals surface area contributed by atoms with E-state index in [1.165, 1.54) is 5.56 Å². The average molecular weight is 428 g/mol. The van der Waals surface area contributed by atoms with Crippen molar-refractivity contribution in [3.63, 3.8) is 0 Å². The third-order valence-corrected chi connectivity index (χ3v) is 5.15. The van der Waals surface area contributed by atoms with Crippen molar-refractivity contribution in [3.8, 4) is 23.0 Å². The second-order valence-electron chi connectivity index (χ2n) is 7.21. The van der Waals surface area contributed by atoms with Crippen LogP contribution in [0.3, 0.4) is 0 Å². The van der Waals surface area contributed by atoms with E-state index in [1.54, 1.807) is 36.6 Å². The average Bonchev–Trinajstić information content (AvgIpc) is 3.23. The molecule has 0 spiro atoms. The summed E-state index contributed by atoms with van der Waals surface area (Å²) in [6.45, 7) is 2.41. The second-order valence-corrected chi connectivity index (χ2v) is 7.21. The monoisotopic (exact) mass is 428 g/mol. The molecule has 0 atom stereocenters. The van der Waals surface area contributed by atoms with E-state index in [9.17, 15) is 4.79 Å². The fraction of sp³-hybridized carbons (Fsp3) is 0.208. The zero-order valence-electron chi connectivity index (χ0n) is 18.0. The molecule has 1 aromatic carbocycles. The quantitative estimate of drug-likeness (QED) is 0.432. The first-order chi connectivity index (χ1) is 15.7. The Bertz CT molecular complexity index is 1210. The zero-order chi connectivity index (χ0) is 22.3. The number of nitrogens with zero attached hydrogens (tertiary/aromatic N) is 5. The van der Waals surface area contributed by atoms with Crippen molar-refractivity contribution in [2.45, 2.75) is 19.8 Å². The van der Waals surface area contributed by atoms with Gasteiger partial charge in [0.15, 0.2) is 0 Å². The number of rotatable bonds is 8. The standard InChI is InChI=1S/C24H24N6O2/c1-17-20(23(31)26-12-5-6-18-9-13-25-14-10-18)16-28-30(17)24-27-15-11-21(29-24)19-7-3-4-8-22(19)32-2/h3-4,7-11,13-16H,5-6,12H2,1-2H3,(H,26,31). The smallest absolute Gasteiger partial charge is 0.254 e. The topological polar surface area (TPSA) is 94.8 Å². The van der Waals surface area contributed by atoms with Crippen LogP contribution in [0.4, 0.5) is 0 Å². The van der Waals surface area contributed by atoms with E-state index < -0.39 is 0 Å². The Hall–Kier alpha value is -4.07. The van der Waals surface area contributed by atoms with Crippen molar-refractivity contribution in [3.05, 3.63) is 84.1 Å². The maximum Gasteiger partial charge on any atom is 0.254 e. The predicted octanol–water partition coefficient (Wildman–Crippen LogP) is 3.40. The minimum absolute atomic E-state index is 0.163. The molecule has 0 radical (unpaired) electrons. The molecule has 0 fully saturated rings. The third-order valence-electron chi connectivity index (χ3n) is 5.15. The summed E-state index contributed by atoms with van der Waals surface area (Å²) in [6.07, 6.45) is 8.49. The molecule has 4 rings (SSSR count). The molecule has 4 aromatic rings. The maximum atomic E-state index is 12.7. The van der Waals surface area contributed by atoms with E-state index in [-0.39, 0.29) is 5.91 Å². The molecular weight excluding hydrogens is 404 g/mol. The lowest BCUT2D eigenvalue weighted by Crippen LogP contribution is -2.25. The number of benzene rings is 1. The van der Waals surface area contributed by atoms with Gasteiger partial charge in [-0.2, -0.15) is 5.10 Å². The van der Waals surface area contributed by atoms with Crippen LogP contribution < -0.4 is 10.1 Å². The molecule has 0 unspecified atom stereocenters. The number of hydrogen-bond acceptors (Lipinski definition) is 6. The minimum Gasteiger partial charge on any atom is -0.496 e. The van der Waals surface area contributed by atoms with Crippen LogP contribution in [0.5, 0.6) is 5.75 Å². The van der Waals surface area contributed by atoms with Gasteiger partial charge in [0.1, 0.15) is 5.75 Å². The van der Waals surface area contributed by atoms with Crippen LogP contribution in [0.2, 0.25) is 0 Å². The number of pyridine rings is 1. The Kier molecular flexibility index (Phi) is 6.50. The summed E-state index contributed by atoms with van der Waals surface area (Å²) in [5.74, 6) is 0.952. The van der Waals surface area contributed by atoms with Crippen molar-refractivity contribution >= 4 is 5.91 Å². The van der Waals surface area contributed by atoms with E-state index in [0.717, 1.165) is 24.2 Å². The lowest BCUT2D eigenvalue weighted by Gasteiger charge is -2.09. The minimum atomic E-state index is -0.163. The summed E-state index contributed by atoms with van der Waals surface area (Å²) in [5, 5.41) is 7.31. The number of carbonyl (C=O) groups is 1. The van der Waals surface area contributed by atoms with Gasteiger partial charge in [-0.15, -0.1) is 0 Å². The van der Waals surface area contributed by atoms with E-state index in [4.69, 9.17) is 4.74 Å². The van der Waals surface area contributed by atoms with Gasteiger partial charge < -0.3 is 10.1 Å². The fourth-order valence-electron chi connectivity index (χ4n) is 3.43. The van der Waals surface area contributed by atoms with Gasteiger partial charge in [-0.25, -0.2) is 14.6 Å². The Balaban J connectivity index is 1.46. The number of para-hydroxylation sites is 1. The molecule has 3 aromatic heterocycles. The number of nitrogens with one attached hydrogen (secondary N) is 1. The first kappa shape index (κ1) is 21.2. The lowest BCUT2D eigenvalue weighted by atomic mass is 10.1. The molecule has 0 aliphatic heterocycles. The Labute approximate surface area is 186 Å². The van der Waals surface area contributed by atoms with Gasteiger partial charge in [0.05, 0.1) is 30.3 Å². The fourth-order valence-corrected chi connectivity index (χ4v) is 3.43. The molecule has 8 nitrogen and oxygen atoms in total. The van der Waals surface area contributed by atoms with Gasteiger partial charge in [0, 0.05) is 30.7 Å². The number of carbonyl (C=O) groups excluding carboxylic acids is 1. The largest absolute Gasteiger partial charge is 0.496 e. The maximum absolute atomic E-state index is 12.7. The molecule has 32 heavy (non-hydrogen) atoms. The van der Waals surface area contributed by atoms with Crippen LogP contribution in [0, 0.1) is 6.92 Å². The summed E-state index contributed by atoms with van der Waals surface area (Å²) >= 11 is 0. The Morgan fingerprint density at radius 2 is 1.91 bits per heavy atom. The highest BCUT2D eigenvalue weighted by Crippen LogP contribution is 2.28. The molecule has 8 heteroatoms. The zero-order valence-corrected chi connectivity index (χ0v) is 18.0. The number of aromatic nitrogens is 5. The van der Waals surface area contributed by atoms with Gasteiger partial charge in [-0.1, -0.05) is 12.1 Å². The summed E-state index contributed by atoms with van der Waals surface area (Å²) in [4.78, 5) is 25.7. The van der Waals surface area contributed by atoms with E-state index in [2.05, 4.69) is 25.4 Å². The highest BCUT2D eigenvalue weighted by molar-refractivity contribution is 5.95. The van der Waals surface area contributed by atoms with E-state index in [0.29, 0.717) is 29.4 Å². The molecule has 0 bridgehead atoms. The van der Waals surface area contributed by atoms with Gasteiger partial charge in [0.2, 0.25) is 0 Å². The number of methoxy groups -OCH3 is 1. The second kappa shape index (κ2) is 9.82. The summed E-state index contributed by atoms with van der Waals surface area (Å²) in [7, 11) is 1.63. The number of aryl methyl sites for hydroxylation is 1. The van der Waals surface area contributed by atoms with Gasteiger partial charge in [-0.05, 0) is 55.7 Å². The summed E-state index contributed by atoms with van der Waals surface area (Å²) in [5.41, 5.74) is 3.94. The molecular formula is C24H24N6O2. The summed E-state index contributed by atoms with van der Waals surface area (Å²) < 4.78 is 7.01. The van der Waals surface area contributed by atoms with Gasteiger partial charge in [0.25, 0.3) is 11.9 Å². The molecule has 1 amide bonds. The van der Waals surface area contributed by atoms with Gasteiger partial charge in [-0.3, -0.25) is 9.78 Å². The Morgan fingerprint density at radius 3 is 2.72 bits per heavy atom. The first-order valence-electron chi connectivity index (χ1n) is 10.4. The van der Waals surface area contributed by atoms with Crippen molar-refractivity contribution in [1.82, 2.24) is 30.0 Å². The van der Waals surface area contributed by atoms with Crippen LogP contribution in [0.15, 0.2) is 67.3 Å². The number of ether oxygens (including phenoxy) is 1. The van der Waals surface area contributed by atoms with Crippen LogP contribution in [-0.4, -0.2) is 44.3 Å². The summed E-state index contributed by atoms with van der Waals surface area (Å²) in [6, 6.07) is 13.4. The van der Waals surface area contributed by atoms with Crippen LogP contribution in [-0.2, 0) is 6.42 Å². The molecule has 0 aliphatic carbocycles. The van der Waals surface area contributed by atoms with E-state index in [1.807, 2.05) is 49.4 Å². The first-order valence-corrected chi connectivity index (χ1v) is 10.4. The molecule has 0 saturated carbocycles. The lowest BCUT2D eigenvalue weighted by molar-refractivity contribution is 0.0952. The van der Waals surface area contributed by atoms with Crippen LogP contribution in [0.1, 0.15) is 28.0 Å². The van der Waals surface area contributed by atoms with Gasteiger partial charge >= 0.3 is 0 Å². The van der Waals surface area contributed by atoms with Crippen LogP contribution in [0.25, 0.3) is 17.2 Å². The molecule has 3 heterocycles. The third kappa shape index (κ3) is 4.64. The number of amides is 1. The predicted molar refractivity (Wildman–Crippen MR) is 121 cm³/mol. The molecule has 1 N–H and O–H groups in total. The number of hydrogen-bond donors (Lipinski definition) is 1. The molecule has 0 aliphatic rings.